The molecule has 0 heterocycles. The lowest BCUT2D eigenvalue weighted by Gasteiger charge is -2.19. The normalized spacial score (nSPS) is 24.0. The molecule has 0 spiro atoms. The van der Waals surface area contributed by atoms with Gasteiger partial charge < -0.3 is 0 Å². The number of Topliss-reactive ketones (excluding diaryl/α,β-unsaturated/α-hetero) is 2. The zero-order chi connectivity index (χ0) is 12.5. The fourth-order valence-corrected chi connectivity index (χ4v) is 2.82. The van der Waals surface area contributed by atoms with Gasteiger partial charge in [0.2, 0.25) is 0 Å². The number of hydrogen-bond donors (Lipinski definition) is 0. The van der Waals surface area contributed by atoms with Gasteiger partial charge in [0.15, 0.2) is 5.78 Å². The SMILES string of the molecule is O=C1CCCC(C(=O)c2ccc(C3CC3)cc2)C1. The van der Waals surface area contributed by atoms with E-state index in [2.05, 4.69) is 12.1 Å². The topological polar surface area (TPSA) is 34.1 Å². The molecule has 1 aromatic carbocycles. The van der Waals surface area contributed by atoms with Crippen molar-refractivity contribution in [1.29, 1.82) is 0 Å². The molecule has 18 heavy (non-hydrogen) atoms. The molecule has 94 valence electrons. The first-order chi connectivity index (χ1) is 8.74. The minimum Gasteiger partial charge on any atom is -0.300 e. The molecule has 1 aromatic rings. The summed E-state index contributed by atoms with van der Waals surface area (Å²) in [6, 6.07) is 8.04. The zero-order valence-corrected chi connectivity index (χ0v) is 10.5. The van der Waals surface area contributed by atoms with E-state index in [1.54, 1.807) is 0 Å². The first-order valence-electron chi connectivity index (χ1n) is 6.90. The molecule has 0 saturated heterocycles. The van der Waals surface area contributed by atoms with E-state index in [0.717, 1.165) is 24.3 Å². The number of hydrogen-bond acceptors (Lipinski definition) is 2. The van der Waals surface area contributed by atoms with Crippen molar-refractivity contribution in [1.82, 2.24) is 0 Å². The fraction of sp³-hybridized carbons (Fsp3) is 0.500. The van der Waals surface area contributed by atoms with Crippen LogP contribution < -0.4 is 0 Å². The molecule has 0 aromatic heterocycles. The quantitative estimate of drug-likeness (QED) is 0.760. The molecule has 0 radical (unpaired) electrons. The third kappa shape index (κ3) is 2.38. The second kappa shape index (κ2) is 4.68. The van der Waals surface area contributed by atoms with Gasteiger partial charge in [0.25, 0.3) is 0 Å². The minimum atomic E-state index is -0.0713. The standard InChI is InChI=1S/C16H18O2/c17-15-3-1-2-14(10-15)16(18)13-8-6-12(7-9-13)11-4-5-11/h6-9,11,14H,1-5,10H2. The van der Waals surface area contributed by atoms with Crippen LogP contribution in [0.2, 0.25) is 0 Å². The molecule has 2 saturated carbocycles. The van der Waals surface area contributed by atoms with Crippen molar-refractivity contribution in [3.63, 3.8) is 0 Å². The first kappa shape index (κ1) is 11.6. The van der Waals surface area contributed by atoms with E-state index in [1.807, 2.05) is 12.1 Å². The third-order valence-electron chi connectivity index (χ3n) is 4.10. The average molecular weight is 242 g/mol. The van der Waals surface area contributed by atoms with Gasteiger partial charge >= 0.3 is 0 Å². The van der Waals surface area contributed by atoms with Crippen molar-refractivity contribution in [2.24, 2.45) is 5.92 Å². The van der Waals surface area contributed by atoms with E-state index in [-0.39, 0.29) is 17.5 Å². The Labute approximate surface area is 107 Å². The van der Waals surface area contributed by atoms with Gasteiger partial charge in [-0.15, -0.1) is 0 Å². The van der Waals surface area contributed by atoms with Crippen LogP contribution in [0.1, 0.15) is 60.4 Å². The van der Waals surface area contributed by atoms with Crippen LogP contribution in [0.4, 0.5) is 0 Å². The summed E-state index contributed by atoms with van der Waals surface area (Å²) in [4.78, 5) is 23.7. The van der Waals surface area contributed by atoms with Crippen LogP contribution in [0.5, 0.6) is 0 Å². The van der Waals surface area contributed by atoms with E-state index in [1.165, 1.54) is 18.4 Å². The molecule has 1 atom stereocenters. The predicted octanol–water partition coefficient (Wildman–Crippen LogP) is 3.51. The Kier molecular flexibility index (Phi) is 3.02. The lowest BCUT2D eigenvalue weighted by atomic mass is 9.83. The minimum absolute atomic E-state index is 0.0713. The number of benzene rings is 1. The van der Waals surface area contributed by atoms with Gasteiger partial charge in [0.05, 0.1) is 0 Å². The van der Waals surface area contributed by atoms with Crippen molar-refractivity contribution < 1.29 is 9.59 Å². The van der Waals surface area contributed by atoms with Gasteiger partial charge in [-0.3, -0.25) is 9.59 Å². The lowest BCUT2D eigenvalue weighted by molar-refractivity contribution is -0.121. The highest BCUT2D eigenvalue weighted by Gasteiger charge is 2.27. The molecule has 2 fully saturated rings. The highest BCUT2D eigenvalue weighted by atomic mass is 16.1. The average Bonchev–Trinajstić information content (AvgIpc) is 3.22. The number of ketones is 2. The molecule has 0 bridgehead atoms. The molecular weight excluding hydrogens is 224 g/mol. The molecule has 0 amide bonds. The van der Waals surface area contributed by atoms with Crippen LogP contribution in [0.15, 0.2) is 24.3 Å². The number of rotatable bonds is 3. The van der Waals surface area contributed by atoms with Crippen LogP contribution in [0.3, 0.4) is 0 Å². The van der Waals surface area contributed by atoms with Gasteiger partial charge in [-0.05, 0) is 37.2 Å². The summed E-state index contributed by atoms with van der Waals surface area (Å²) in [5.74, 6) is 1.06. The van der Waals surface area contributed by atoms with Gasteiger partial charge in [0, 0.05) is 24.3 Å². The van der Waals surface area contributed by atoms with E-state index >= 15 is 0 Å². The maximum Gasteiger partial charge on any atom is 0.166 e. The highest BCUT2D eigenvalue weighted by Crippen LogP contribution is 2.40. The summed E-state index contributed by atoms with van der Waals surface area (Å²) in [6.07, 6.45) is 5.41. The van der Waals surface area contributed by atoms with Crippen LogP contribution in [0, 0.1) is 5.92 Å². The molecular formula is C16H18O2. The van der Waals surface area contributed by atoms with Crippen LogP contribution in [0.25, 0.3) is 0 Å². The Morgan fingerprint density at radius 1 is 1.06 bits per heavy atom. The molecule has 1 unspecified atom stereocenters. The van der Waals surface area contributed by atoms with Crippen LogP contribution >= 0.6 is 0 Å². The Morgan fingerprint density at radius 2 is 1.78 bits per heavy atom. The summed E-state index contributed by atoms with van der Waals surface area (Å²) in [5, 5.41) is 0. The molecule has 2 nitrogen and oxygen atoms in total. The highest BCUT2D eigenvalue weighted by molar-refractivity contribution is 6.00. The van der Waals surface area contributed by atoms with E-state index in [4.69, 9.17) is 0 Å². The monoisotopic (exact) mass is 242 g/mol. The van der Waals surface area contributed by atoms with Crippen molar-refractivity contribution in [2.75, 3.05) is 0 Å². The van der Waals surface area contributed by atoms with Crippen molar-refractivity contribution in [2.45, 2.75) is 44.4 Å². The van der Waals surface area contributed by atoms with Gasteiger partial charge in [0.1, 0.15) is 5.78 Å². The van der Waals surface area contributed by atoms with E-state index in [9.17, 15) is 9.59 Å². The molecule has 2 aliphatic rings. The molecule has 3 rings (SSSR count). The lowest BCUT2D eigenvalue weighted by Crippen LogP contribution is -2.22. The van der Waals surface area contributed by atoms with Gasteiger partial charge in [-0.1, -0.05) is 24.3 Å². The smallest absolute Gasteiger partial charge is 0.166 e. The summed E-state index contributed by atoms with van der Waals surface area (Å²) in [5.41, 5.74) is 2.13. The molecule has 2 heteroatoms. The summed E-state index contributed by atoms with van der Waals surface area (Å²) in [6.45, 7) is 0. The number of carbonyl (C=O) groups excluding carboxylic acids is 2. The molecule has 0 N–H and O–H groups in total. The molecule has 0 aliphatic heterocycles. The summed E-state index contributed by atoms with van der Waals surface area (Å²) >= 11 is 0. The summed E-state index contributed by atoms with van der Waals surface area (Å²) in [7, 11) is 0. The summed E-state index contributed by atoms with van der Waals surface area (Å²) < 4.78 is 0. The van der Waals surface area contributed by atoms with Crippen LogP contribution in [-0.2, 0) is 4.79 Å². The van der Waals surface area contributed by atoms with Crippen molar-refractivity contribution in [3.8, 4) is 0 Å². The van der Waals surface area contributed by atoms with Crippen LogP contribution in [-0.4, -0.2) is 11.6 Å². The van der Waals surface area contributed by atoms with Gasteiger partial charge in [-0.25, -0.2) is 0 Å². The Bertz CT molecular complexity index is 468. The fourth-order valence-electron chi connectivity index (χ4n) is 2.82. The van der Waals surface area contributed by atoms with Crippen molar-refractivity contribution >= 4 is 11.6 Å². The molecule has 2 aliphatic carbocycles. The second-order valence-electron chi connectivity index (χ2n) is 5.59. The van der Waals surface area contributed by atoms with Crippen molar-refractivity contribution in [3.05, 3.63) is 35.4 Å². The predicted molar refractivity (Wildman–Crippen MR) is 69.7 cm³/mol. The second-order valence-corrected chi connectivity index (χ2v) is 5.59. The van der Waals surface area contributed by atoms with E-state index < -0.39 is 0 Å². The van der Waals surface area contributed by atoms with E-state index in [0.29, 0.717) is 12.8 Å². The number of carbonyl (C=O) groups is 2. The Morgan fingerprint density at radius 3 is 2.39 bits per heavy atom. The first-order valence-corrected chi connectivity index (χ1v) is 6.90. The Balaban J connectivity index is 1.72. The van der Waals surface area contributed by atoms with Gasteiger partial charge in [-0.2, -0.15) is 0 Å². The zero-order valence-electron chi connectivity index (χ0n) is 10.5. The maximum absolute atomic E-state index is 12.3. The largest absolute Gasteiger partial charge is 0.300 e. The Hall–Kier alpha value is -1.44. The third-order valence-corrected chi connectivity index (χ3v) is 4.10. The maximum atomic E-state index is 12.3.